The minimum Gasteiger partial charge on any atom is -0.0613 e. The Morgan fingerprint density at radius 2 is 2.08 bits per heavy atom. The predicted octanol–water partition coefficient (Wildman–Crippen LogP) is 3.43. The lowest BCUT2D eigenvalue weighted by atomic mass is 9.99. The highest BCUT2D eigenvalue weighted by atomic mass is 14.3. The smallest absolute Gasteiger partial charge is 0.0159 e. The second-order valence-electron chi connectivity index (χ2n) is 3.83. The minimum atomic E-state index is 0.903. The first kappa shape index (κ1) is 7.85. The molecule has 0 atom stereocenters. The van der Waals surface area contributed by atoms with Crippen LogP contribution in [0.3, 0.4) is 0 Å². The summed E-state index contributed by atoms with van der Waals surface area (Å²) in [6.45, 7) is 4.43. The van der Waals surface area contributed by atoms with E-state index < -0.39 is 0 Å². The lowest BCUT2D eigenvalue weighted by Gasteiger charge is -2.06. The van der Waals surface area contributed by atoms with E-state index in [1.165, 1.54) is 24.8 Å². The van der Waals surface area contributed by atoms with Crippen LogP contribution in [0.4, 0.5) is 0 Å². The Hall–Kier alpha value is -0.780. The van der Waals surface area contributed by atoms with Gasteiger partial charge < -0.3 is 0 Å². The van der Waals surface area contributed by atoms with E-state index in [1.807, 2.05) is 0 Å². The van der Waals surface area contributed by atoms with Gasteiger partial charge >= 0.3 is 0 Å². The van der Waals surface area contributed by atoms with E-state index in [9.17, 15) is 0 Å². The van der Waals surface area contributed by atoms with Gasteiger partial charge in [0, 0.05) is 0 Å². The zero-order valence-corrected chi connectivity index (χ0v) is 7.93. The fourth-order valence-electron chi connectivity index (χ4n) is 1.81. The van der Waals surface area contributed by atoms with Crippen LogP contribution in [0, 0.1) is 6.92 Å². The first-order valence-electron chi connectivity index (χ1n) is 4.90. The molecule has 0 aromatic heterocycles. The number of rotatable bonds is 2. The van der Waals surface area contributed by atoms with Crippen molar-refractivity contribution in [2.75, 3.05) is 0 Å². The number of hydrogen-bond acceptors (Lipinski definition) is 0. The van der Waals surface area contributed by atoms with Crippen LogP contribution in [0.15, 0.2) is 18.2 Å². The molecule has 0 unspecified atom stereocenters. The molecule has 1 aliphatic carbocycles. The standard InChI is InChI=1S/C12H16/c1-3-10-5-4-9(2)8-12(10)11-6-7-11/h4-5,8,11H,3,6-7H2,1-2H3. The summed E-state index contributed by atoms with van der Waals surface area (Å²) in [6.07, 6.45) is 4.01. The highest BCUT2D eigenvalue weighted by Gasteiger charge is 2.25. The predicted molar refractivity (Wildman–Crippen MR) is 52.5 cm³/mol. The highest BCUT2D eigenvalue weighted by Crippen LogP contribution is 2.42. The van der Waals surface area contributed by atoms with Gasteiger partial charge in [0.25, 0.3) is 0 Å². The molecule has 1 aromatic rings. The van der Waals surface area contributed by atoms with Crippen molar-refractivity contribution < 1.29 is 0 Å². The molecule has 1 saturated carbocycles. The van der Waals surface area contributed by atoms with Crippen molar-refractivity contribution in [3.63, 3.8) is 0 Å². The van der Waals surface area contributed by atoms with Gasteiger partial charge in [-0.05, 0) is 43.2 Å². The van der Waals surface area contributed by atoms with Crippen LogP contribution in [-0.2, 0) is 6.42 Å². The van der Waals surface area contributed by atoms with E-state index in [0.717, 1.165) is 5.92 Å². The molecular weight excluding hydrogens is 144 g/mol. The quantitative estimate of drug-likeness (QED) is 0.621. The van der Waals surface area contributed by atoms with E-state index >= 15 is 0 Å². The van der Waals surface area contributed by atoms with Gasteiger partial charge in [0.2, 0.25) is 0 Å². The topological polar surface area (TPSA) is 0 Å². The van der Waals surface area contributed by atoms with Crippen molar-refractivity contribution >= 4 is 0 Å². The third kappa shape index (κ3) is 1.38. The van der Waals surface area contributed by atoms with Gasteiger partial charge in [-0.15, -0.1) is 0 Å². The molecule has 0 spiro atoms. The Kier molecular flexibility index (Phi) is 1.92. The summed E-state index contributed by atoms with van der Waals surface area (Å²) in [6, 6.07) is 6.89. The molecule has 0 radical (unpaired) electrons. The van der Waals surface area contributed by atoms with Crippen molar-refractivity contribution in [2.24, 2.45) is 0 Å². The summed E-state index contributed by atoms with van der Waals surface area (Å²) < 4.78 is 0. The SMILES string of the molecule is CCc1ccc(C)cc1C1CC1. The van der Waals surface area contributed by atoms with Gasteiger partial charge in [-0.3, -0.25) is 0 Å². The fraction of sp³-hybridized carbons (Fsp3) is 0.500. The first-order chi connectivity index (χ1) is 5.81. The van der Waals surface area contributed by atoms with E-state index in [-0.39, 0.29) is 0 Å². The Labute approximate surface area is 74.6 Å². The third-order valence-electron chi connectivity index (χ3n) is 2.70. The molecule has 0 heterocycles. The van der Waals surface area contributed by atoms with Crippen LogP contribution in [0.1, 0.15) is 42.4 Å². The Balaban J connectivity index is 2.39. The molecule has 0 amide bonds. The average molecular weight is 160 g/mol. The van der Waals surface area contributed by atoms with Crippen LogP contribution in [0.5, 0.6) is 0 Å². The molecule has 0 nitrogen and oxygen atoms in total. The molecule has 2 rings (SSSR count). The maximum atomic E-state index is 2.37. The van der Waals surface area contributed by atoms with Crippen LogP contribution in [0.2, 0.25) is 0 Å². The lowest BCUT2D eigenvalue weighted by molar-refractivity contribution is 1.02. The summed E-state index contributed by atoms with van der Waals surface area (Å²) in [5.41, 5.74) is 4.59. The summed E-state index contributed by atoms with van der Waals surface area (Å²) in [4.78, 5) is 0. The third-order valence-corrected chi connectivity index (χ3v) is 2.70. The maximum absolute atomic E-state index is 2.37. The van der Waals surface area contributed by atoms with Crippen molar-refractivity contribution in [1.29, 1.82) is 0 Å². The Bertz CT molecular complexity index is 282. The van der Waals surface area contributed by atoms with Gasteiger partial charge in [0.1, 0.15) is 0 Å². The van der Waals surface area contributed by atoms with Gasteiger partial charge in [0.15, 0.2) is 0 Å². The van der Waals surface area contributed by atoms with Gasteiger partial charge in [-0.25, -0.2) is 0 Å². The fourth-order valence-corrected chi connectivity index (χ4v) is 1.81. The van der Waals surface area contributed by atoms with E-state index in [4.69, 9.17) is 0 Å². The Morgan fingerprint density at radius 1 is 1.33 bits per heavy atom. The molecule has 1 fully saturated rings. The molecule has 1 aliphatic rings. The summed E-state index contributed by atoms with van der Waals surface area (Å²) in [5.74, 6) is 0.903. The number of aryl methyl sites for hydroxylation is 2. The zero-order valence-electron chi connectivity index (χ0n) is 7.93. The molecular formula is C12H16. The van der Waals surface area contributed by atoms with Crippen LogP contribution >= 0.6 is 0 Å². The second-order valence-corrected chi connectivity index (χ2v) is 3.83. The average Bonchev–Trinajstić information content (AvgIpc) is 2.87. The van der Waals surface area contributed by atoms with Crippen molar-refractivity contribution in [1.82, 2.24) is 0 Å². The summed E-state index contributed by atoms with van der Waals surface area (Å²) in [5, 5.41) is 0. The van der Waals surface area contributed by atoms with Crippen LogP contribution < -0.4 is 0 Å². The van der Waals surface area contributed by atoms with Gasteiger partial charge in [0.05, 0.1) is 0 Å². The lowest BCUT2D eigenvalue weighted by Crippen LogP contribution is -1.90. The highest BCUT2D eigenvalue weighted by molar-refractivity contribution is 5.36. The largest absolute Gasteiger partial charge is 0.0613 e. The molecule has 0 bridgehead atoms. The maximum Gasteiger partial charge on any atom is -0.0159 e. The molecule has 64 valence electrons. The Morgan fingerprint density at radius 3 is 2.67 bits per heavy atom. The number of hydrogen-bond donors (Lipinski definition) is 0. The van der Waals surface area contributed by atoms with Crippen molar-refractivity contribution in [3.05, 3.63) is 34.9 Å². The van der Waals surface area contributed by atoms with Crippen LogP contribution in [-0.4, -0.2) is 0 Å². The molecule has 12 heavy (non-hydrogen) atoms. The van der Waals surface area contributed by atoms with Gasteiger partial charge in [-0.1, -0.05) is 30.7 Å². The minimum absolute atomic E-state index is 0.903. The zero-order chi connectivity index (χ0) is 8.55. The van der Waals surface area contributed by atoms with E-state index in [1.54, 1.807) is 11.1 Å². The summed E-state index contributed by atoms with van der Waals surface area (Å²) >= 11 is 0. The molecule has 0 N–H and O–H groups in total. The summed E-state index contributed by atoms with van der Waals surface area (Å²) in [7, 11) is 0. The molecule has 0 aliphatic heterocycles. The molecule has 0 saturated heterocycles. The van der Waals surface area contributed by atoms with E-state index in [0.29, 0.717) is 0 Å². The number of benzene rings is 1. The van der Waals surface area contributed by atoms with Crippen LogP contribution in [0.25, 0.3) is 0 Å². The van der Waals surface area contributed by atoms with Crippen molar-refractivity contribution in [3.8, 4) is 0 Å². The molecule has 0 heteroatoms. The van der Waals surface area contributed by atoms with Gasteiger partial charge in [-0.2, -0.15) is 0 Å². The monoisotopic (exact) mass is 160 g/mol. The van der Waals surface area contributed by atoms with E-state index in [2.05, 4.69) is 32.0 Å². The normalized spacial score (nSPS) is 16.5. The second kappa shape index (κ2) is 2.93. The molecule has 1 aromatic carbocycles. The van der Waals surface area contributed by atoms with Crippen molar-refractivity contribution in [2.45, 2.75) is 39.0 Å². The first-order valence-corrected chi connectivity index (χ1v) is 4.90.